The molecule has 2 aliphatic heterocycles. The number of sulfonamides is 1. The van der Waals surface area contributed by atoms with Gasteiger partial charge in [0, 0.05) is 44.7 Å². The molecule has 36 heavy (non-hydrogen) atoms. The van der Waals surface area contributed by atoms with E-state index in [-0.39, 0.29) is 29.6 Å². The summed E-state index contributed by atoms with van der Waals surface area (Å²) in [5.74, 6) is 0.698. The maximum absolute atomic E-state index is 13.6. The highest BCUT2D eigenvalue weighted by molar-refractivity contribution is 7.89. The molecular weight excluding hydrogens is 472 g/mol. The van der Waals surface area contributed by atoms with Gasteiger partial charge in [-0.25, -0.2) is 13.4 Å². The molecule has 0 saturated carbocycles. The van der Waals surface area contributed by atoms with Crippen molar-refractivity contribution in [1.29, 1.82) is 0 Å². The van der Waals surface area contributed by atoms with Crippen molar-refractivity contribution in [3.63, 3.8) is 0 Å². The summed E-state index contributed by atoms with van der Waals surface area (Å²) in [7, 11) is -1.99. The Bertz CT molecular complexity index is 1390. The van der Waals surface area contributed by atoms with Crippen LogP contribution < -0.4 is 0 Å². The van der Waals surface area contributed by atoms with Gasteiger partial charge in [-0.05, 0) is 48.6 Å². The van der Waals surface area contributed by atoms with Crippen LogP contribution in [0.25, 0.3) is 11.1 Å². The van der Waals surface area contributed by atoms with E-state index in [9.17, 15) is 13.5 Å². The molecular formula is C28H34N4O3S. The summed E-state index contributed by atoms with van der Waals surface area (Å²) in [5.41, 5.74) is 6.04. The lowest BCUT2D eigenvalue weighted by atomic mass is 9.74. The van der Waals surface area contributed by atoms with Crippen LogP contribution >= 0.6 is 0 Å². The van der Waals surface area contributed by atoms with Crippen LogP contribution in [-0.4, -0.2) is 70.6 Å². The molecule has 0 bridgehead atoms. The van der Waals surface area contributed by atoms with E-state index in [1.54, 1.807) is 22.8 Å². The largest absolute Gasteiger partial charge is 0.395 e. The maximum atomic E-state index is 13.6. The number of nitrogens with zero attached hydrogens (tertiary/aromatic N) is 4. The summed E-state index contributed by atoms with van der Waals surface area (Å²) >= 11 is 0. The van der Waals surface area contributed by atoms with Gasteiger partial charge >= 0.3 is 0 Å². The van der Waals surface area contributed by atoms with Crippen LogP contribution in [0, 0.1) is 20.8 Å². The second kappa shape index (κ2) is 9.59. The fourth-order valence-corrected chi connectivity index (χ4v) is 7.20. The first kappa shape index (κ1) is 24.9. The van der Waals surface area contributed by atoms with Crippen molar-refractivity contribution in [3.8, 4) is 11.1 Å². The van der Waals surface area contributed by atoms with Crippen molar-refractivity contribution in [3.05, 3.63) is 83.3 Å². The molecule has 190 valence electrons. The molecule has 1 aromatic heterocycles. The zero-order valence-corrected chi connectivity index (χ0v) is 22.1. The second-order valence-electron chi connectivity index (χ2n) is 9.91. The van der Waals surface area contributed by atoms with Crippen LogP contribution in [0.1, 0.15) is 28.4 Å². The fraction of sp³-hybridized carbons (Fsp3) is 0.393. The smallest absolute Gasteiger partial charge is 0.260 e. The van der Waals surface area contributed by atoms with E-state index in [0.717, 1.165) is 11.1 Å². The first-order valence-electron chi connectivity index (χ1n) is 12.4. The van der Waals surface area contributed by atoms with Crippen molar-refractivity contribution in [1.82, 2.24) is 18.8 Å². The van der Waals surface area contributed by atoms with Gasteiger partial charge < -0.3 is 9.67 Å². The SMILES string of the molecule is Cc1cccc(-c2ccc([C@@H]3[C@@H](CO)N4C/C=C\CN(S(=O)(=O)c5cnc(C)n5C)C[C@@H]34)cc2)c1C. The van der Waals surface area contributed by atoms with Gasteiger partial charge in [0.1, 0.15) is 5.82 Å². The third-order valence-corrected chi connectivity index (χ3v) is 9.93. The lowest BCUT2D eigenvalue weighted by molar-refractivity contribution is -0.0415. The van der Waals surface area contributed by atoms with Crippen molar-refractivity contribution in [2.75, 3.05) is 26.2 Å². The van der Waals surface area contributed by atoms with Crippen LogP contribution in [0.15, 0.2) is 65.8 Å². The van der Waals surface area contributed by atoms with Gasteiger partial charge in [-0.15, -0.1) is 0 Å². The molecule has 3 heterocycles. The number of benzene rings is 2. The predicted molar refractivity (Wildman–Crippen MR) is 141 cm³/mol. The molecule has 2 aromatic carbocycles. The van der Waals surface area contributed by atoms with Gasteiger partial charge in [-0.2, -0.15) is 4.31 Å². The Morgan fingerprint density at radius 1 is 1.03 bits per heavy atom. The Morgan fingerprint density at radius 2 is 1.75 bits per heavy atom. The van der Waals surface area contributed by atoms with E-state index in [2.05, 4.69) is 66.2 Å². The standard InChI is InChI=1S/C28H34N4O3S/c1-19-8-7-9-24(20(19)2)22-10-12-23(13-11-22)28-25-17-31(14-5-6-15-32(25)26(28)18-33)36(34,35)27-16-29-21(3)30(27)4/h5-13,16,25-26,28,33H,14-15,17-18H2,1-4H3/b6-5-/t25-,26+,28-/m0/s1. The van der Waals surface area contributed by atoms with Crippen molar-refractivity contribution >= 4 is 10.0 Å². The molecule has 2 aliphatic rings. The molecule has 0 aliphatic carbocycles. The number of hydrogen-bond donors (Lipinski definition) is 1. The number of imidazole rings is 1. The number of aliphatic hydroxyl groups excluding tert-OH is 1. The van der Waals surface area contributed by atoms with Gasteiger partial charge in [0.2, 0.25) is 0 Å². The van der Waals surface area contributed by atoms with Gasteiger partial charge in [-0.1, -0.05) is 54.6 Å². The molecule has 0 radical (unpaired) electrons. The summed E-state index contributed by atoms with van der Waals surface area (Å²) in [6.07, 6.45) is 5.34. The molecule has 1 fully saturated rings. The van der Waals surface area contributed by atoms with Crippen molar-refractivity contribution in [2.24, 2.45) is 7.05 Å². The van der Waals surface area contributed by atoms with Gasteiger partial charge in [-0.3, -0.25) is 4.90 Å². The average Bonchev–Trinajstić information content (AvgIpc) is 3.19. The summed E-state index contributed by atoms with van der Waals surface area (Å²) in [5, 5.41) is 10.5. The minimum absolute atomic E-state index is 0.0252. The van der Waals surface area contributed by atoms with E-state index < -0.39 is 10.0 Å². The van der Waals surface area contributed by atoms with Crippen LogP contribution in [0.2, 0.25) is 0 Å². The zero-order chi connectivity index (χ0) is 25.6. The van der Waals surface area contributed by atoms with Gasteiger partial charge in [0.25, 0.3) is 10.0 Å². The summed E-state index contributed by atoms with van der Waals surface area (Å²) in [4.78, 5) is 6.41. The first-order valence-corrected chi connectivity index (χ1v) is 13.8. The molecule has 0 spiro atoms. The predicted octanol–water partition coefficient (Wildman–Crippen LogP) is 3.40. The molecule has 5 rings (SSSR count). The Balaban J connectivity index is 1.45. The van der Waals surface area contributed by atoms with Crippen LogP contribution in [0.3, 0.4) is 0 Å². The first-order chi connectivity index (χ1) is 17.2. The lowest BCUT2D eigenvalue weighted by Crippen LogP contribution is -2.67. The number of aliphatic hydroxyl groups is 1. The molecule has 3 aromatic rings. The van der Waals surface area contributed by atoms with Gasteiger partial charge in [0.05, 0.1) is 12.8 Å². The highest BCUT2D eigenvalue weighted by Crippen LogP contribution is 2.42. The number of fused-ring (bicyclic) bond motifs is 1. The van der Waals surface area contributed by atoms with Gasteiger partial charge in [0.15, 0.2) is 5.03 Å². The van der Waals surface area contributed by atoms with E-state index in [1.165, 1.54) is 22.9 Å². The van der Waals surface area contributed by atoms with Crippen molar-refractivity contribution in [2.45, 2.75) is 43.8 Å². The zero-order valence-electron chi connectivity index (χ0n) is 21.3. The minimum Gasteiger partial charge on any atom is -0.395 e. The molecule has 0 unspecified atom stereocenters. The molecule has 8 heteroatoms. The van der Waals surface area contributed by atoms with E-state index >= 15 is 0 Å². The Hall–Kier alpha value is -2.78. The summed E-state index contributed by atoms with van der Waals surface area (Å²) in [6, 6.07) is 14.8. The summed E-state index contributed by atoms with van der Waals surface area (Å²) in [6.45, 7) is 7.47. The Labute approximate surface area is 213 Å². The Morgan fingerprint density at radius 3 is 2.42 bits per heavy atom. The Kier molecular flexibility index (Phi) is 6.63. The quantitative estimate of drug-likeness (QED) is 0.537. The van der Waals surface area contributed by atoms with Crippen LogP contribution in [0.5, 0.6) is 0 Å². The number of aryl methyl sites for hydroxylation is 2. The van der Waals surface area contributed by atoms with Crippen LogP contribution in [-0.2, 0) is 17.1 Å². The minimum atomic E-state index is -3.72. The highest BCUT2D eigenvalue weighted by Gasteiger charge is 2.50. The molecule has 3 atom stereocenters. The number of aromatic nitrogens is 2. The molecule has 1 N–H and O–H groups in total. The number of rotatable bonds is 5. The lowest BCUT2D eigenvalue weighted by Gasteiger charge is -2.56. The van der Waals surface area contributed by atoms with E-state index in [1.807, 2.05) is 12.2 Å². The average molecular weight is 507 g/mol. The molecule has 0 amide bonds. The maximum Gasteiger partial charge on any atom is 0.260 e. The monoisotopic (exact) mass is 506 g/mol. The second-order valence-corrected chi connectivity index (χ2v) is 11.8. The van der Waals surface area contributed by atoms with Crippen molar-refractivity contribution < 1.29 is 13.5 Å². The highest BCUT2D eigenvalue weighted by atomic mass is 32.2. The van der Waals surface area contributed by atoms with E-state index in [4.69, 9.17) is 0 Å². The number of hydrogen-bond acceptors (Lipinski definition) is 5. The fourth-order valence-electron chi connectivity index (χ4n) is 5.64. The van der Waals surface area contributed by atoms with E-state index in [0.29, 0.717) is 25.5 Å². The normalized spacial score (nSPS) is 24.0. The summed E-state index contributed by atoms with van der Waals surface area (Å²) < 4.78 is 30.3. The van der Waals surface area contributed by atoms with Crippen LogP contribution in [0.4, 0.5) is 0 Å². The third-order valence-electron chi connectivity index (χ3n) is 8.04. The molecule has 7 nitrogen and oxygen atoms in total. The third kappa shape index (κ3) is 4.12. The molecule has 1 saturated heterocycles. The topological polar surface area (TPSA) is 78.7 Å².